The minimum atomic E-state index is -4.26. The molecule has 0 saturated carbocycles. The molecule has 1 atom stereocenters. The molecule has 0 spiro atoms. The third-order valence-corrected chi connectivity index (χ3v) is 4.01. The van der Waals surface area contributed by atoms with E-state index in [1.165, 1.54) is 23.3 Å². The lowest BCUT2D eigenvalue weighted by molar-refractivity contribution is -0.137. The topological polar surface area (TPSA) is 0 Å². The van der Waals surface area contributed by atoms with Crippen LogP contribution in [0.1, 0.15) is 41.0 Å². The summed E-state index contributed by atoms with van der Waals surface area (Å²) in [5, 5.41) is 0. The van der Waals surface area contributed by atoms with Gasteiger partial charge < -0.3 is 0 Å². The van der Waals surface area contributed by atoms with E-state index in [1.54, 1.807) is 12.1 Å². The normalized spacial score (nSPS) is 18.6. The molecule has 0 N–H and O–H groups in total. The SMILES string of the molecule is FC(F)(F)c1ccc(C2CCCc3ccccc32)cc1. The number of hydrogen-bond donors (Lipinski definition) is 0. The summed E-state index contributed by atoms with van der Waals surface area (Å²) in [6.45, 7) is 0. The van der Waals surface area contributed by atoms with E-state index in [2.05, 4.69) is 12.1 Å². The largest absolute Gasteiger partial charge is 0.416 e. The third-order valence-electron chi connectivity index (χ3n) is 4.01. The van der Waals surface area contributed by atoms with E-state index in [4.69, 9.17) is 0 Å². The first-order valence-corrected chi connectivity index (χ1v) is 6.80. The Hall–Kier alpha value is -1.77. The summed E-state index contributed by atoms with van der Waals surface area (Å²) < 4.78 is 37.8. The average molecular weight is 276 g/mol. The van der Waals surface area contributed by atoms with E-state index in [0.717, 1.165) is 24.8 Å². The average Bonchev–Trinajstić information content (AvgIpc) is 2.46. The van der Waals surface area contributed by atoms with Gasteiger partial charge in [-0.15, -0.1) is 0 Å². The van der Waals surface area contributed by atoms with Crippen LogP contribution in [0.4, 0.5) is 13.2 Å². The minimum absolute atomic E-state index is 0.224. The quantitative estimate of drug-likeness (QED) is 0.673. The molecule has 3 rings (SSSR count). The zero-order valence-electron chi connectivity index (χ0n) is 11.0. The maximum absolute atomic E-state index is 12.6. The van der Waals surface area contributed by atoms with Gasteiger partial charge >= 0.3 is 6.18 Å². The zero-order valence-corrected chi connectivity index (χ0v) is 11.0. The van der Waals surface area contributed by atoms with Crippen molar-refractivity contribution in [1.82, 2.24) is 0 Å². The molecule has 0 aliphatic heterocycles. The maximum atomic E-state index is 12.6. The van der Waals surface area contributed by atoms with Crippen LogP contribution < -0.4 is 0 Å². The summed E-state index contributed by atoms with van der Waals surface area (Å²) in [6.07, 6.45) is -1.11. The van der Waals surface area contributed by atoms with E-state index >= 15 is 0 Å². The first-order chi connectivity index (χ1) is 9.55. The summed E-state index contributed by atoms with van der Waals surface area (Å²) in [5.41, 5.74) is 2.98. The van der Waals surface area contributed by atoms with Crippen LogP contribution in [-0.2, 0) is 12.6 Å². The van der Waals surface area contributed by atoms with Gasteiger partial charge in [0.05, 0.1) is 5.56 Å². The summed E-state index contributed by atoms with van der Waals surface area (Å²) in [7, 11) is 0. The summed E-state index contributed by atoms with van der Waals surface area (Å²) in [5.74, 6) is 0.224. The van der Waals surface area contributed by atoms with Crippen molar-refractivity contribution in [3.05, 3.63) is 70.8 Å². The van der Waals surface area contributed by atoms with Crippen molar-refractivity contribution in [3.63, 3.8) is 0 Å². The molecule has 1 aliphatic carbocycles. The highest BCUT2D eigenvalue weighted by molar-refractivity contribution is 5.40. The summed E-state index contributed by atoms with van der Waals surface area (Å²) in [6, 6.07) is 13.8. The fraction of sp³-hybridized carbons (Fsp3) is 0.294. The van der Waals surface area contributed by atoms with Gasteiger partial charge in [0.25, 0.3) is 0 Å². The molecule has 0 heterocycles. The van der Waals surface area contributed by atoms with Crippen LogP contribution >= 0.6 is 0 Å². The van der Waals surface area contributed by atoms with Crippen molar-refractivity contribution < 1.29 is 13.2 Å². The number of alkyl halides is 3. The number of rotatable bonds is 1. The van der Waals surface area contributed by atoms with Crippen LogP contribution in [0.5, 0.6) is 0 Å². The lowest BCUT2D eigenvalue weighted by Gasteiger charge is -2.26. The lowest BCUT2D eigenvalue weighted by atomic mass is 9.79. The molecular weight excluding hydrogens is 261 g/mol. The van der Waals surface area contributed by atoms with E-state index in [0.29, 0.717) is 0 Å². The van der Waals surface area contributed by atoms with Gasteiger partial charge in [0.1, 0.15) is 0 Å². The summed E-state index contributed by atoms with van der Waals surface area (Å²) >= 11 is 0. The van der Waals surface area contributed by atoms with Crippen molar-refractivity contribution in [2.24, 2.45) is 0 Å². The Bertz CT molecular complexity index is 596. The Morgan fingerprint density at radius 1 is 0.900 bits per heavy atom. The predicted molar refractivity (Wildman–Crippen MR) is 72.7 cm³/mol. The van der Waals surface area contributed by atoms with Gasteiger partial charge in [-0.3, -0.25) is 0 Å². The van der Waals surface area contributed by atoms with Gasteiger partial charge in [0, 0.05) is 5.92 Å². The Morgan fingerprint density at radius 3 is 2.30 bits per heavy atom. The number of benzene rings is 2. The number of halogens is 3. The number of hydrogen-bond acceptors (Lipinski definition) is 0. The Balaban J connectivity index is 1.95. The third kappa shape index (κ3) is 2.45. The maximum Gasteiger partial charge on any atom is 0.416 e. The lowest BCUT2D eigenvalue weighted by Crippen LogP contribution is -2.11. The van der Waals surface area contributed by atoms with E-state index in [-0.39, 0.29) is 5.92 Å². The fourth-order valence-corrected chi connectivity index (χ4v) is 3.00. The van der Waals surface area contributed by atoms with Gasteiger partial charge in [-0.05, 0) is 48.1 Å². The van der Waals surface area contributed by atoms with Crippen LogP contribution in [-0.4, -0.2) is 0 Å². The zero-order chi connectivity index (χ0) is 14.2. The Labute approximate surface area is 116 Å². The Morgan fingerprint density at radius 2 is 1.60 bits per heavy atom. The molecular formula is C17H15F3. The standard InChI is InChI=1S/C17H15F3/c18-17(19,20)14-10-8-13(9-11-14)16-7-3-5-12-4-1-2-6-15(12)16/h1-2,4,6,8-11,16H,3,5,7H2. The highest BCUT2D eigenvalue weighted by atomic mass is 19.4. The number of fused-ring (bicyclic) bond motifs is 1. The highest BCUT2D eigenvalue weighted by Gasteiger charge is 2.30. The summed E-state index contributed by atoms with van der Waals surface area (Å²) in [4.78, 5) is 0. The smallest absolute Gasteiger partial charge is 0.166 e. The second-order valence-corrected chi connectivity index (χ2v) is 5.26. The minimum Gasteiger partial charge on any atom is -0.166 e. The van der Waals surface area contributed by atoms with Gasteiger partial charge in [-0.1, -0.05) is 36.4 Å². The highest BCUT2D eigenvalue weighted by Crippen LogP contribution is 2.37. The van der Waals surface area contributed by atoms with E-state index < -0.39 is 11.7 Å². The van der Waals surface area contributed by atoms with Gasteiger partial charge in [0.2, 0.25) is 0 Å². The molecule has 0 saturated heterocycles. The molecule has 1 unspecified atom stereocenters. The monoisotopic (exact) mass is 276 g/mol. The molecule has 3 heteroatoms. The molecule has 0 aromatic heterocycles. The molecule has 2 aromatic rings. The first kappa shape index (κ1) is 13.2. The van der Waals surface area contributed by atoms with Crippen LogP contribution in [0.3, 0.4) is 0 Å². The molecule has 20 heavy (non-hydrogen) atoms. The van der Waals surface area contributed by atoms with Crippen molar-refractivity contribution in [2.75, 3.05) is 0 Å². The predicted octanol–water partition coefficient (Wildman–Crippen LogP) is 5.17. The molecule has 2 aromatic carbocycles. The van der Waals surface area contributed by atoms with Crippen LogP contribution in [0.25, 0.3) is 0 Å². The number of aryl methyl sites for hydroxylation is 1. The van der Waals surface area contributed by atoms with Crippen LogP contribution in [0.2, 0.25) is 0 Å². The van der Waals surface area contributed by atoms with Crippen LogP contribution in [0, 0.1) is 0 Å². The molecule has 104 valence electrons. The molecule has 0 nitrogen and oxygen atoms in total. The van der Waals surface area contributed by atoms with Crippen molar-refractivity contribution in [1.29, 1.82) is 0 Å². The second-order valence-electron chi connectivity index (χ2n) is 5.26. The first-order valence-electron chi connectivity index (χ1n) is 6.80. The van der Waals surface area contributed by atoms with Crippen LogP contribution in [0.15, 0.2) is 48.5 Å². The van der Waals surface area contributed by atoms with Gasteiger partial charge in [-0.25, -0.2) is 0 Å². The van der Waals surface area contributed by atoms with Crippen molar-refractivity contribution in [3.8, 4) is 0 Å². The Kier molecular flexibility index (Phi) is 3.28. The van der Waals surface area contributed by atoms with Gasteiger partial charge in [0.15, 0.2) is 0 Å². The molecule has 0 amide bonds. The fourth-order valence-electron chi connectivity index (χ4n) is 3.00. The van der Waals surface area contributed by atoms with E-state index in [9.17, 15) is 13.2 Å². The molecule has 0 bridgehead atoms. The van der Waals surface area contributed by atoms with Crippen molar-refractivity contribution in [2.45, 2.75) is 31.4 Å². The molecule has 0 fully saturated rings. The second kappa shape index (κ2) is 4.97. The molecule has 1 aliphatic rings. The van der Waals surface area contributed by atoms with E-state index in [1.807, 2.05) is 12.1 Å². The van der Waals surface area contributed by atoms with Crippen molar-refractivity contribution >= 4 is 0 Å². The van der Waals surface area contributed by atoms with Gasteiger partial charge in [-0.2, -0.15) is 13.2 Å². The molecule has 0 radical (unpaired) electrons.